The predicted molar refractivity (Wildman–Crippen MR) is 129 cm³/mol. The average molecular weight is 465 g/mol. The molecule has 0 aliphatic rings. The van der Waals surface area contributed by atoms with Crippen LogP contribution in [0.25, 0.3) is 11.2 Å². The number of methoxy groups -OCH3 is 1. The van der Waals surface area contributed by atoms with Gasteiger partial charge in [0.15, 0.2) is 22.1 Å². The van der Waals surface area contributed by atoms with E-state index in [9.17, 15) is 14.4 Å². The zero-order valence-corrected chi connectivity index (χ0v) is 19.7. The molecule has 0 bridgehead atoms. The lowest BCUT2D eigenvalue weighted by molar-refractivity contribution is 0.102. The summed E-state index contributed by atoms with van der Waals surface area (Å²) in [5.74, 6) is 0.742. The highest BCUT2D eigenvalue weighted by molar-refractivity contribution is 7.99. The number of Topliss-reactive ketones (excluding diaryl/α,β-unsaturated/α-hetero) is 1. The van der Waals surface area contributed by atoms with Crippen LogP contribution >= 0.6 is 11.8 Å². The van der Waals surface area contributed by atoms with Crippen LogP contribution in [-0.2, 0) is 20.6 Å². The fraction of sp³-hybridized carbons (Fsp3) is 0.250. The topological polar surface area (TPSA) is 88.1 Å². The van der Waals surface area contributed by atoms with E-state index in [0.29, 0.717) is 34.2 Å². The van der Waals surface area contributed by atoms with Crippen molar-refractivity contribution in [2.24, 2.45) is 14.1 Å². The summed E-state index contributed by atoms with van der Waals surface area (Å²) in [6, 6.07) is 14.9. The van der Waals surface area contributed by atoms with Gasteiger partial charge in [-0.15, -0.1) is 0 Å². The van der Waals surface area contributed by atoms with Gasteiger partial charge in [-0.1, -0.05) is 41.6 Å². The van der Waals surface area contributed by atoms with Crippen molar-refractivity contribution in [3.05, 3.63) is 86.1 Å². The number of rotatable bonds is 7. The molecule has 0 radical (unpaired) electrons. The smallest absolute Gasteiger partial charge is 0.332 e. The van der Waals surface area contributed by atoms with Gasteiger partial charge in [-0.3, -0.25) is 18.7 Å². The van der Waals surface area contributed by atoms with Crippen molar-refractivity contribution in [2.45, 2.75) is 18.6 Å². The maximum atomic E-state index is 13.0. The number of hydrogen-bond acceptors (Lipinski definition) is 6. The zero-order chi connectivity index (χ0) is 23.7. The molecule has 0 amide bonds. The van der Waals surface area contributed by atoms with Crippen LogP contribution in [0.15, 0.2) is 63.3 Å². The fourth-order valence-corrected chi connectivity index (χ4v) is 4.44. The normalized spacial score (nSPS) is 11.2. The Bertz CT molecular complexity index is 1450. The van der Waals surface area contributed by atoms with Crippen molar-refractivity contribution in [1.29, 1.82) is 0 Å². The number of fused-ring (bicyclic) bond motifs is 1. The number of carbonyl (C=O) groups excluding carboxylic acids is 1. The Kier molecular flexibility index (Phi) is 6.24. The third kappa shape index (κ3) is 4.36. The highest BCUT2D eigenvalue weighted by Gasteiger charge is 2.20. The van der Waals surface area contributed by atoms with Crippen LogP contribution in [0.1, 0.15) is 21.5 Å². The molecule has 0 saturated carbocycles. The molecule has 2 heterocycles. The largest absolute Gasteiger partial charge is 0.497 e. The number of thioether (sulfide) groups is 1. The molecule has 33 heavy (non-hydrogen) atoms. The van der Waals surface area contributed by atoms with Gasteiger partial charge >= 0.3 is 5.69 Å². The summed E-state index contributed by atoms with van der Waals surface area (Å²) < 4.78 is 9.36. The van der Waals surface area contributed by atoms with Gasteiger partial charge in [0, 0.05) is 19.7 Å². The summed E-state index contributed by atoms with van der Waals surface area (Å²) in [5, 5.41) is 0.505. The summed E-state index contributed by atoms with van der Waals surface area (Å²) in [5.41, 5.74) is 2.45. The van der Waals surface area contributed by atoms with E-state index in [1.807, 2.05) is 31.2 Å². The number of benzene rings is 2. The monoisotopic (exact) mass is 464 g/mol. The number of aryl methyl sites for hydroxylation is 2. The van der Waals surface area contributed by atoms with E-state index in [1.54, 1.807) is 43.0 Å². The Morgan fingerprint density at radius 3 is 2.30 bits per heavy atom. The number of imidazole rings is 1. The lowest BCUT2D eigenvalue weighted by Gasteiger charge is -2.10. The van der Waals surface area contributed by atoms with Crippen LogP contribution in [0, 0.1) is 6.92 Å². The highest BCUT2D eigenvalue weighted by atomic mass is 32.2. The van der Waals surface area contributed by atoms with Gasteiger partial charge < -0.3 is 9.30 Å². The lowest BCUT2D eigenvalue weighted by atomic mass is 10.1. The number of aromatic nitrogens is 4. The number of carbonyl (C=O) groups is 1. The molecule has 0 spiro atoms. The maximum Gasteiger partial charge on any atom is 0.332 e. The number of nitrogens with zero attached hydrogens (tertiary/aromatic N) is 4. The summed E-state index contributed by atoms with van der Waals surface area (Å²) in [6.45, 7) is 2.40. The third-order valence-electron chi connectivity index (χ3n) is 5.52. The molecule has 0 unspecified atom stereocenters. The van der Waals surface area contributed by atoms with Crippen molar-refractivity contribution in [1.82, 2.24) is 18.7 Å². The van der Waals surface area contributed by atoms with E-state index in [2.05, 4.69) is 4.98 Å². The predicted octanol–water partition coefficient (Wildman–Crippen LogP) is 2.77. The van der Waals surface area contributed by atoms with E-state index in [-0.39, 0.29) is 11.5 Å². The molecule has 0 aliphatic heterocycles. The Labute approximate surface area is 194 Å². The number of ether oxygens (including phenoxy) is 1. The fourth-order valence-electron chi connectivity index (χ4n) is 3.55. The first-order chi connectivity index (χ1) is 15.8. The second-order valence-corrected chi connectivity index (χ2v) is 8.73. The molecule has 0 fully saturated rings. The Morgan fingerprint density at radius 1 is 1.00 bits per heavy atom. The molecule has 4 aromatic rings. The van der Waals surface area contributed by atoms with Gasteiger partial charge in [0.2, 0.25) is 0 Å². The lowest BCUT2D eigenvalue weighted by Crippen LogP contribution is -2.37. The summed E-state index contributed by atoms with van der Waals surface area (Å²) >= 11 is 1.24. The van der Waals surface area contributed by atoms with Gasteiger partial charge in [-0.25, -0.2) is 9.78 Å². The molecule has 0 aliphatic carbocycles. The van der Waals surface area contributed by atoms with Gasteiger partial charge in [0.05, 0.1) is 19.4 Å². The van der Waals surface area contributed by atoms with Crippen LogP contribution in [-0.4, -0.2) is 37.3 Å². The Morgan fingerprint density at radius 2 is 1.67 bits per heavy atom. The van der Waals surface area contributed by atoms with E-state index in [0.717, 1.165) is 15.7 Å². The second kappa shape index (κ2) is 9.11. The quantitative estimate of drug-likeness (QED) is 0.309. The van der Waals surface area contributed by atoms with E-state index < -0.39 is 11.2 Å². The van der Waals surface area contributed by atoms with Gasteiger partial charge in [-0.05, 0) is 36.8 Å². The summed E-state index contributed by atoms with van der Waals surface area (Å²) in [4.78, 5) is 42.8. The minimum atomic E-state index is -0.446. The van der Waals surface area contributed by atoms with Crippen molar-refractivity contribution < 1.29 is 9.53 Å². The molecule has 0 atom stereocenters. The van der Waals surface area contributed by atoms with Crippen molar-refractivity contribution in [3.63, 3.8) is 0 Å². The van der Waals surface area contributed by atoms with Gasteiger partial charge in [0.1, 0.15) is 5.75 Å². The molecule has 2 aromatic carbocycles. The number of hydrogen-bond donors (Lipinski definition) is 0. The Balaban J connectivity index is 1.74. The standard InChI is InChI=1S/C24H24N4O4S/c1-15-5-7-16(8-6-15)13-28-20-21(26(2)24(31)27(3)22(20)30)25-23(28)33-14-19(29)17-9-11-18(32-4)12-10-17/h5-12H,13-14H2,1-4H3. The summed E-state index contributed by atoms with van der Waals surface area (Å²) in [6.07, 6.45) is 0. The number of ketones is 1. The van der Waals surface area contributed by atoms with Gasteiger partial charge in [-0.2, -0.15) is 0 Å². The second-order valence-electron chi connectivity index (χ2n) is 7.78. The summed E-state index contributed by atoms with van der Waals surface area (Å²) in [7, 11) is 4.61. The minimum absolute atomic E-state index is 0.0709. The molecule has 0 N–H and O–H groups in total. The minimum Gasteiger partial charge on any atom is -0.497 e. The van der Waals surface area contributed by atoms with Crippen LogP contribution in [0.3, 0.4) is 0 Å². The van der Waals surface area contributed by atoms with Gasteiger partial charge in [0.25, 0.3) is 5.56 Å². The first-order valence-electron chi connectivity index (χ1n) is 10.3. The average Bonchev–Trinajstić information content (AvgIpc) is 3.19. The van der Waals surface area contributed by atoms with Crippen LogP contribution in [0.4, 0.5) is 0 Å². The van der Waals surface area contributed by atoms with E-state index in [4.69, 9.17) is 4.74 Å². The van der Waals surface area contributed by atoms with Crippen LogP contribution < -0.4 is 16.0 Å². The highest BCUT2D eigenvalue weighted by Crippen LogP contribution is 2.24. The van der Waals surface area contributed by atoms with E-state index >= 15 is 0 Å². The molecule has 2 aromatic heterocycles. The van der Waals surface area contributed by atoms with Crippen LogP contribution in [0.5, 0.6) is 5.75 Å². The molecular weight excluding hydrogens is 440 g/mol. The maximum absolute atomic E-state index is 13.0. The third-order valence-corrected chi connectivity index (χ3v) is 6.49. The van der Waals surface area contributed by atoms with Crippen LogP contribution in [0.2, 0.25) is 0 Å². The molecule has 0 saturated heterocycles. The first kappa shape index (κ1) is 22.6. The van der Waals surface area contributed by atoms with Crippen molar-refractivity contribution in [2.75, 3.05) is 12.9 Å². The first-order valence-corrected chi connectivity index (χ1v) is 11.3. The van der Waals surface area contributed by atoms with E-state index in [1.165, 1.54) is 23.4 Å². The molecule has 170 valence electrons. The molecule has 4 rings (SSSR count). The van der Waals surface area contributed by atoms with Crippen molar-refractivity contribution in [3.8, 4) is 5.75 Å². The SMILES string of the molecule is COc1ccc(C(=O)CSc2nc3c(c(=O)n(C)c(=O)n3C)n2Cc2ccc(C)cc2)cc1. The zero-order valence-electron chi connectivity index (χ0n) is 18.9. The molecular formula is C24H24N4O4S. The van der Waals surface area contributed by atoms with Crippen molar-refractivity contribution >= 4 is 28.7 Å². The Hall–Kier alpha value is -3.59. The molecule has 8 nitrogen and oxygen atoms in total. The molecule has 9 heteroatoms.